The molecule has 0 bridgehead atoms. The number of benzene rings is 2. The van der Waals surface area contributed by atoms with E-state index in [-0.39, 0.29) is 17.5 Å². The number of amides is 2. The summed E-state index contributed by atoms with van der Waals surface area (Å²) in [4.78, 5) is 32.6. The Hall–Kier alpha value is -3.74. The summed E-state index contributed by atoms with van der Waals surface area (Å²) in [5, 5.41) is 5.52. The van der Waals surface area contributed by atoms with Crippen molar-refractivity contribution in [1.29, 1.82) is 0 Å². The van der Waals surface area contributed by atoms with E-state index in [1.165, 1.54) is 12.4 Å². The first-order valence-corrected chi connectivity index (χ1v) is 8.21. The van der Waals surface area contributed by atoms with Crippen LogP contribution in [0.2, 0.25) is 0 Å². The molecule has 1 aromatic heterocycles. The van der Waals surface area contributed by atoms with Crippen molar-refractivity contribution in [3.63, 3.8) is 0 Å². The van der Waals surface area contributed by atoms with Gasteiger partial charge in [-0.3, -0.25) is 14.6 Å². The van der Waals surface area contributed by atoms with E-state index >= 15 is 0 Å². The number of carbonyl (C=O) groups is 2. The Bertz CT molecular complexity index is 954. The van der Waals surface area contributed by atoms with Crippen LogP contribution in [0.5, 0.6) is 5.75 Å². The molecule has 0 aliphatic carbocycles. The molecule has 2 N–H and O–H groups in total. The van der Waals surface area contributed by atoms with Crippen molar-refractivity contribution < 1.29 is 14.3 Å². The summed E-state index contributed by atoms with van der Waals surface area (Å²) in [6.07, 6.45) is 2.94. The Labute approximate surface area is 156 Å². The number of nitrogens with zero attached hydrogens (tertiary/aromatic N) is 2. The zero-order chi connectivity index (χ0) is 19.2. The number of para-hydroxylation sites is 2. The highest BCUT2D eigenvalue weighted by atomic mass is 16.5. The van der Waals surface area contributed by atoms with Gasteiger partial charge in [-0.2, -0.15) is 0 Å². The van der Waals surface area contributed by atoms with Gasteiger partial charge in [0.25, 0.3) is 11.8 Å². The molecule has 0 spiro atoms. The molecule has 2 amide bonds. The third-order valence-electron chi connectivity index (χ3n) is 3.77. The van der Waals surface area contributed by atoms with Crippen molar-refractivity contribution >= 4 is 23.2 Å². The van der Waals surface area contributed by atoms with Crippen molar-refractivity contribution in [2.24, 2.45) is 0 Å². The van der Waals surface area contributed by atoms with Crippen LogP contribution in [-0.2, 0) is 0 Å². The summed E-state index contributed by atoms with van der Waals surface area (Å²) < 4.78 is 5.22. The maximum absolute atomic E-state index is 12.4. The fourth-order valence-electron chi connectivity index (χ4n) is 2.35. The Balaban J connectivity index is 1.66. The normalized spacial score (nSPS) is 10.1. The summed E-state index contributed by atoms with van der Waals surface area (Å²) in [6, 6.07) is 13.7. The number of nitrogens with one attached hydrogen (secondary N) is 2. The van der Waals surface area contributed by atoms with Crippen molar-refractivity contribution in [3.05, 3.63) is 77.9 Å². The van der Waals surface area contributed by atoms with Gasteiger partial charge in [-0.25, -0.2) is 4.98 Å². The second-order valence-electron chi connectivity index (χ2n) is 5.73. The number of methoxy groups -OCH3 is 1. The highest BCUT2D eigenvalue weighted by Gasteiger charge is 2.11. The standard InChI is InChI=1S/C20H18N4O3/c1-13-11-22-17(12-21-13)20(26)23-15-9-7-14(8-10-15)19(25)24-16-5-3-4-6-18(16)27-2/h3-12H,1-2H3,(H,23,26)(H,24,25). The number of hydrogen-bond acceptors (Lipinski definition) is 5. The Morgan fingerprint density at radius 3 is 2.30 bits per heavy atom. The average Bonchev–Trinajstić information content (AvgIpc) is 2.69. The molecule has 136 valence electrons. The number of ether oxygens (including phenoxy) is 1. The van der Waals surface area contributed by atoms with Crippen molar-refractivity contribution in [2.45, 2.75) is 6.92 Å². The predicted molar refractivity (Wildman–Crippen MR) is 102 cm³/mol. The molecule has 7 nitrogen and oxygen atoms in total. The molecule has 3 aromatic rings. The zero-order valence-electron chi connectivity index (χ0n) is 14.9. The van der Waals surface area contributed by atoms with Crippen LogP contribution < -0.4 is 15.4 Å². The average molecular weight is 362 g/mol. The first-order chi connectivity index (χ1) is 13.1. The summed E-state index contributed by atoms with van der Waals surface area (Å²) in [7, 11) is 1.54. The lowest BCUT2D eigenvalue weighted by Crippen LogP contribution is -2.15. The van der Waals surface area contributed by atoms with Crippen LogP contribution in [0.3, 0.4) is 0 Å². The number of rotatable bonds is 5. The molecule has 0 atom stereocenters. The minimum atomic E-state index is -0.367. The molecule has 0 radical (unpaired) electrons. The van der Waals surface area contributed by atoms with Crippen molar-refractivity contribution in [2.75, 3.05) is 17.7 Å². The number of aromatic nitrogens is 2. The molecule has 0 fully saturated rings. The van der Waals surface area contributed by atoms with Crippen molar-refractivity contribution in [3.8, 4) is 5.75 Å². The first-order valence-electron chi connectivity index (χ1n) is 8.21. The SMILES string of the molecule is COc1ccccc1NC(=O)c1ccc(NC(=O)c2cnc(C)cn2)cc1. The third-order valence-corrected chi connectivity index (χ3v) is 3.77. The Morgan fingerprint density at radius 1 is 0.889 bits per heavy atom. The van der Waals surface area contributed by atoms with Gasteiger partial charge in [0, 0.05) is 17.4 Å². The largest absolute Gasteiger partial charge is 0.495 e. The molecule has 3 rings (SSSR count). The monoisotopic (exact) mass is 362 g/mol. The minimum absolute atomic E-state index is 0.221. The number of hydrogen-bond donors (Lipinski definition) is 2. The van der Waals surface area contributed by atoms with E-state index < -0.39 is 0 Å². The fraction of sp³-hybridized carbons (Fsp3) is 0.100. The quantitative estimate of drug-likeness (QED) is 0.726. The molecule has 0 saturated carbocycles. The molecule has 2 aromatic carbocycles. The zero-order valence-corrected chi connectivity index (χ0v) is 14.9. The second-order valence-corrected chi connectivity index (χ2v) is 5.73. The first kappa shape index (κ1) is 18.1. The molecule has 1 heterocycles. The molecule has 0 aliphatic heterocycles. The van der Waals surface area contributed by atoms with Gasteiger partial charge in [-0.15, -0.1) is 0 Å². The molecular formula is C20H18N4O3. The molecular weight excluding hydrogens is 344 g/mol. The van der Waals surface area contributed by atoms with E-state index in [2.05, 4.69) is 20.6 Å². The van der Waals surface area contributed by atoms with Crippen LogP contribution in [-0.4, -0.2) is 28.9 Å². The van der Waals surface area contributed by atoms with E-state index in [0.717, 1.165) is 5.69 Å². The number of anilines is 2. The van der Waals surface area contributed by atoms with Gasteiger partial charge < -0.3 is 15.4 Å². The van der Waals surface area contributed by atoms with E-state index in [0.29, 0.717) is 22.7 Å². The van der Waals surface area contributed by atoms with Crippen molar-refractivity contribution in [1.82, 2.24) is 9.97 Å². The van der Waals surface area contributed by atoms with Gasteiger partial charge in [0.1, 0.15) is 11.4 Å². The van der Waals surface area contributed by atoms with Crippen LogP contribution in [0.25, 0.3) is 0 Å². The van der Waals surface area contributed by atoms with E-state index in [9.17, 15) is 9.59 Å². The second kappa shape index (κ2) is 8.09. The maximum atomic E-state index is 12.4. The van der Waals surface area contributed by atoms with Gasteiger partial charge in [-0.1, -0.05) is 12.1 Å². The number of carbonyl (C=O) groups excluding carboxylic acids is 2. The lowest BCUT2D eigenvalue weighted by molar-refractivity contribution is 0.101. The fourth-order valence-corrected chi connectivity index (χ4v) is 2.35. The summed E-state index contributed by atoms with van der Waals surface area (Å²) in [6.45, 7) is 1.80. The van der Waals surface area contributed by atoms with Gasteiger partial charge in [0.15, 0.2) is 0 Å². The topological polar surface area (TPSA) is 93.2 Å². The minimum Gasteiger partial charge on any atom is -0.495 e. The highest BCUT2D eigenvalue weighted by molar-refractivity contribution is 6.06. The summed E-state index contributed by atoms with van der Waals surface area (Å²) >= 11 is 0. The van der Waals surface area contributed by atoms with Crippen LogP contribution in [0.4, 0.5) is 11.4 Å². The van der Waals surface area contributed by atoms with Crippen LogP contribution in [0, 0.1) is 6.92 Å². The van der Waals surface area contributed by atoms with Gasteiger partial charge >= 0.3 is 0 Å². The Morgan fingerprint density at radius 2 is 1.63 bits per heavy atom. The van der Waals surface area contributed by atoms with Gasteiger partial charge in [0.05, 0.1) is 24.7 Å². The van der Waals surface area contributed by atoms with E-state index in [4.69, 9.17) is 4.74 Å². The molecule has 0 unspecified atom stereocenters. The van der Waals surface area contributed by atoms with Gasteiger partial charge in [-0.05, 0) is 43.3 Å². The third kappa shape index (κ3) is 4.46. The molecule has 27 heavy (non-hydrogen) atoms. The molecule has 7 heteroatoms. The predicted octanol–water partition coefficient (Wildman–Crippen LogP) is 3.30. The highest BCUT2D eigenvalue weighted by Crippen LogP contribution is 2.23. The van der Waals surface area contributed by atoms with Gasteiger partial charge in [0.2, 0.25) is 0 Å². The maximum Gasteiger partial charge on any atom is 0.275 e. The molecule has 0 aliphatic rings. The lowest BCUT2D eigenvalue weighted by atomic mass is 10.2. The van der Waals surface area contributed by atoms with Crippen LogP contribution >= 0.6 is 0 Å². The van der Waals surface area contributed by atoms with E-state index in [1.807, 2.05) is 12.1 Å². The summed E-state index contributed by atoms with van der Waals surface area (Å²) in [5.41, 5.74) is 2.54. The van der Waals surface area contributed by atoms with Crippen LogP contribution in [0.1, 0.15) is 26.5 Å². The lowest BCUT2D eigenvalue weighted by Gasteiger charge is -2.10. The Kier molecular flexibility index (Phi) is 5.41. The summed E-state index contributed by atoms with van der Waals surface area (Å²) in [5.74, 6) is -0.0653. The van der Waals surface area contributed by atoms with Crippen LogP contribution in [0.15, 0.2) is 60.9 Å². The van der Waals surface area contributed by atoms with E-state index in [1.54, 1.807) is 50.4 Å². The smallest absolute Gasteiger partial charge is 0.275 e. The number of aryl methyl sites for hydroxylation is 1. The molecule has 0 saturated heterocycles.